The SMILES string of the molecule is O=C(CC1CCCS(=O)(=O)C1)Nc1cc(-c2ccccc2)ns1. The summed E-state index contributed by atoms with van der Waals surface area (Å²) in [7, 11) is -2.97. The Bertz CT molecular complexity index is 785. The number of carbonyl (C=O) groups is 1. The Morgan fingerprint density at radius 2 is 2.09 bits per heavy atom. The molecule has 0 saturated carbocycles. The summed E-state index contributed by atoms with van der Waals surface area (Å²) in [4.78, 5) is 12.1. The topological polar surface area (TPSA) is 76.1 Å². The van der Waals surface area contributed by atoms with Crippen molar-refractivity contribution in [2.75, 3.05) is 16.8 Å². The average Bonchev–Trinajstić information content (AvgIpc) is 2.95. The van der Waals surface area contributed by atoms with Crippen LogP contribution in [0.2, 0.25) is 0 Å². The third-order valence-corrected chi connectivity index (χ3v) is 6.47. The molecule has 5 nitrogen and oxygen atoms in total. The van der Waals surface area contributed by atoms with Crippen LogP contribution >= 0.6 is 11.5 Å². The van der Waals surface area contributed by atoms with Crippen molar-refractivity contribution in [3.8, 4) is 11.3 Å². The molecule has 0 bridgehead atoms. The lowest BCUT2D eigenvalue weighted by Crippen LogP contribution is -2.28. The smallest absolute Gasteiger partial charge is 0.225 e. The van der Waals surface area contributed by atoms with E-state index in [-0.39, 0.29) is 29.8 Å². The van der Waals surface area contributed by atoms with Crippen molar-refractivity contribution in [3.63, 3.8) is 0 Å². The molecule has 0 spiro atoms. The molecule has 1 fully saturated rings. The van der Waals surface area contributed by atoms with Crippen LogP contribution in [0.5, 0.6) is 0 Å². The second kappa shape index (κ2) is 6.80. The molecule has 1 amide bonds. The molecule has 23 heavy (non-hydrogen) atoms. The van der Waals surface area contributed by atoms with Gasteiger partial charge in [0.25, 0.3) is 0 Å². The maximum Gasteiger partial charge on any atom is 0.225 e. The molecule has 1 aromatic heterocycles. The first-order valence-electron chi connectivity index (χ1n) is 7.54. The number of carbonyl (C=O) groups excluding carboxylic acids is 1. The summed E-state index contributed by atoms with van der Waals surface area (Å²) >= 11 is 1.23. The van der Waals surface area contributed by atoms with Crippen LogP contribution in [0.25, 0.3) is 11.3 Å². The lowest BCUT2D eigenvalue weighted by atomic mass is 10.0. The lowest BCUT2D eigenvalue weighted by Gasteiger charge is -2.20. The Morgan fingerprint density at radius 1 is 1.30 bits per heavy atom. The highest BCUT2D eigenvalue weighted by Crippen LogP contribution is 2.26. The molecule has 2 heterocycles. The Labute approximate surface area is 139 Å². The van der Waals surface area contributed by atoms with Crippen molar-refractivity contribution in [2.45, 2.75) is 19.3 Å². The maximum absolute atomic E-state index is 12.1. The van der Waals surface area contributed by atoms with Gasteiger partial charge in [0.1, 0.15) is 5.00 Å². The summed E-state index contributed by atoms with van der Waals surface area (Å²) in [6.07, 6.45) is 1.70. The van der Waals surface area contributed by atoms with Crippen molar-refractivity contribution in [3.05, 3.63) is 36.4 Å². The molecule has 3 rings (SSSR count). The monoisotopic (exact) mass is 350 g/mol. The summed E-state index contributed by atoms with van der Waals surface area (Å²) in [5.41, 5.74) is 1.83. The predicted octanol–water partition coefficient (Wildman–Crippen LogP) is 2.96. The van der Waals surface area contributed by atoms with Gasteiger partial charge in [-0.1, -0.05) is 30.3 Å². The number of aromatic nitrogens is 1. The number of rotatable bonds is 4. The van der Waals surface area contributed by atoms with E-state index in [0.717, 1.165) is 17.7 Å². The minimum Gasteiger partial charge on any atom is -0.316 e. The molecule has 122 valence electrons. The van der Waals surface area contributed by atoms with Crippen LogP contribution in [0.3, 0.4) is 0 Å². The van der Waals surface area contributed by atoms with Gasteiger partial charge in [0.2, 0.25) is 5.91 Å². The third kappa shape index (κ3) is 4.39. The lowest BCUT2D eigenvalue weighted by molar-refractivity contribution is -0.117. The van der Waals surface area contributed by atoms with E-state index in [0.29, 0.717) is 11.4 Å². The van der Waals surface area contributed by atoms with E-state index in [1.165, 1.54) is 11.5 Å². The van der Waals surface area contributed by atoms with Crippen molar-refractivity contribution in [2.24, 2.45) is 5.92 Å². The van der Waals surface area contributed by atoms with Crippen molar-refractivity contribution in [1.29, 1.82) is 0 Å². The molecule has 1 atom stereocenters. The number of anilines is 1. The molecule has 0 aliphatic carbocycles. The molecule has 2 aromatic rings. The van der Waals surface area contributed by atoms with Gasteiger partial charge in [-0.25, -0.2) is 8.42 Å². The molecule has 1 N–H and O–H groups in total. The van der Waals surface area contributed by atoms with Crippen LogP contribution in [0, 0.1) is 5.92 Å². The molecule has 7 heteroatoms. The normalized spacial score (nSPS) is 20.1. The average molecular weight is 350 g/mol. The second-order valence-electron chi connectivity index (χ2n) is 5.82. The van der Waals surface area contributed by atoms with Gasteiger partial charge < -0.3 is 5.32 Å². The highest BCUT2D eigenvalue weighted by atomic mass is 32.2. The summed E-state index contributed by atoms with van der Waals surface area (Å²) in [5.74, 6) is 0.157. The van der Waals surface area contributed by atoms with Gasteiger partial charge in [-0.05, 0) is 30.3 Å². The summed E-state index contributed by atoms with van der Waals surface area (Å²) in [6, 6.07) is 11.6. The second-order valence-corrected chi connectivity index (χ2v) is 8.85. The molecule has 0 radical (unpaired) electrons. The number of nitrogens with one attached hydrogen (secondary N) is 1. The van der Waals surface area contributed by atoms with Gasteiger partial charge >= 0.3 is 0 Å². The van der Waals surface area contributed by atoms with Crippen LogP contribution in [0.4, 0.5) is 5.00 Å². The van der Waals surface area contributed by atoms with E-state index in [9.17, 15) is 13.2 Å². The zero-order valence-electron chi connectivity index (χ0n) is 12.6. The van der Waals surface area contributed by atoms with Crippen LogP contribution < -0.4 is 5.32 Å². The van der Waals surface area contributed by atoms with E-state index in [2.05, 4.69) is 9.69 Å². The van der Waals surface area contributed by atoms with Gasteiger partial charge in [-0.3, -0.25) is 4.79 Å². The minimum absolute atomic E-state index is 0.0738. The minimum atomic E-state index is -2.97. The highest BCUT2D eigenvalue weighted by molar-refractivity contribution is 7.91. The van der Waals surface area contributed by atoms with E-state index >= 15 is 0 Å². The zero-order valence-corrected chi connectivity index (χ0v) is 14.2. The molecule has 1 saturated heterocycles. The van der Waals surface area contributed by atoms with Gasteiger partial charge in [0.05, 0.1) is 17.2 Å². The van der Waals surface area contributed by atoms with E-state index in [1.807, 2.05) is 36.4 Å². The number of hydrogen-bond donors (Lipinski definition) is 1. The highest BCUT2D eigenvalue weighted by Gasteiger charge is 2.26. The van der Waals surface area contributed by atoms with Gasteiger partial charge in [0, 0.05) is 18.1 Å². The fourth-order valence-corrected chi connectivity index (χ4v) is 5.26. The molecule has 1 aliphatic heterocycles. The first-order valence-corrected chi connectivity index (χ1v) is 10.1. The summed E-state index contributed by atoms with van der Waals surface area (Å²) in [5, 5.41) is 3.52. The molecule has 1 unspecified atom stereocenters. The van der Waals surface area contributed by atoms with E-state index in [4.69, 9.17) is 0 Å². The van der Waals surface area contributed by atoms with Gasteiger partial charge in [-0.2, -0.15) is 4.37 Å². The van der Waals surface area contributed by atoms with Crippen molar-refractivity contribution in [1.82, 2.24) is 4.37 Å². The number of sulfone groups is 1. The molecule has 1 aliphatic rings. The first-order chi connectivity index (χ1) is 11.0. The maximum atomic E-state index is 12.1. The quantitative estimate of drug-likeness (QED) is 0.920. The standard InChI is InChI=1S/C16H18N2O3S2/c19-15(9-12-5-4-8-23(20,21)11-12)17-16-10-14(18-22-16)13-6-2-1-3-7-13/h1-3,6-7,10,12H,4-5,8-9,11H2,(H,17,19). The van der Waals surface area contributed by atoms with E-state index < -0.39 is 9.84 Å². The van der Waals surface area contributed by atoms with Crippen molar-refractivity contribution < 1.29 is 13.2 Å². The third-order valence-electron chi connectivity index (χ3n) is 3.87. The predicted molar refractivity (Wildman–Crippen MR) is 92.2 cm³/mol. The zero-order chi connectivity index (χ0) is 16.3. The Balaban J connectivity index is 1.59. The number of benzene rings is 1. The fraction of sp³-hybridized carbons (Fsp3) is 0.375. The molecule has 1 aromatic carbocycles. The Kier molecular flexibility index (Phi) is 4.77. The Hall–Kier alpha value is -1.73. The number of amides is 1. The van der Waals surface area contributed by atoms with Gasteiger partial charge in [-0.15, -0.1) is 0 Å². The van der Waals surface area contributed by atoms with Crippen molar-refractivity contribution >= 4 is 32.3 Å². The molecular formula is C16H18N2O3S2. The fourth-order valence-electron chi connectivity index (χ4n) is 2.81. The van der Waals surface area contributed by atoms with E-state index in [1.54, 1.807) is 0 Å². The molecular weight excluding hydrogens is 332 g/mol. The summed E-state index contributed by atoms with van der Waals surface area (Å²) < 4.78 is 27.6. The largest absolute Gasteiger partial charge is 0.316 e. The van der Waals surface area contributed by atoms with Crippen LogP contribution in [-0.4, -0.2) is 30.2 Å². The van der Waals surface area contributed by atoms with Crippen LogP contribution in [-0.2, 0) is 14.6 Å². The van der Waals surface area contributed by atoms with Crippen LogP contribution in [0.1, 0.15) is 19.3 Å². The van der Waals surface area contributed by atoms with Crippen LogP contribution in [0.15, 0.2) is 36.4 Å². The van der Waals surface area contributed by atoms with Gasteiger partial charge in [0.15, 0.2) is 9.84 Å². The number of nitrogens with zero attached hydrogens (tertiary/aromatic N) is 1. The number of hydrogen-bond acceptors (Lipinski definition) is 5. The first kappa shape index (κ1) is 16.1. The summed E-state index contributed by atoms with van der Waals surface area (Å²) in [6.45, 7) is 0. The Morgan fingerprint density at radius 3 is 2.83 bits per heavy atom.